The number of hydrogen-bond donors (Lipinski definition) is 2. The maximum absolute atomic E-state index is 6.53. The van der Waals surface area contributed by atoms with Gasteiger partial charge in [-0.25, -0.2) is 0 Å². The lowest BCUT2D eigenvalue weighted by molar-refractivity contribution is 0.674. The van der Waals surface area contributed by atoms with Crippen LogP contribution in [0.25, 0.3) is 6.08 Å². The first kappa shape index (κ1) is 8.46. The van der Waals surface area contributed by atoms with E-state index in [0.717, 1.165) is 11.1 Å². The number of benzene rings is 1. The molecule has 0 amide bonds. The van der Waals surface area contributed by atoms with E-state index in [0.29, 0.717) is 6.54 Å². The Balaban J connectivity index is 2.64. The van der Waals surface area contributed by atoms with Crippen LogP contribution in [-0.2, 0) is 6.54 Å². The van der Waals surface area contributed by atoms with Gasteiger partial charge in [0.05, 0.1) is 6.54 Å². The molecule has 0 aliphatic heterocycles. The van der Waals surface area contributed by atoms with Crippen molar-refractivity contribution in [1.29, 1.82) is 5.53 Å². The molecule has 0 unspecified atom stereocenters. The minimum Gasteiger partial charge on any atom is -0.288 e. The lowest BCUT2D eigenvalue weighted by Gasteiger charge is -1.99. The van der Waals surface area contributed by atoms with Crippen LogP contribution in [0.15, 0.2) is 36.1 Å². The number of nitrogens with one attached hydrogen (secondary N) is 2. The average molecular weight is 161 g/mol. The first-order chi connectivity index (χ1) is 5.86. The van der Waals surface area contributed by atoms with Gasteiger partial charge in [-0.1, -0.05) is 42.1 Å². The molecule has 0 aromatic heterocycles. The molecule has 0 heterocycles. The molecule has 1 rings (SSSR count). The smallest absolute Gasteiger partial charge is 0.0596 e. The van der Waals surface area contributed by atoms with Gasteiger partial charge in [-0.3, -0.25) is 5.43 Å². The maximum atomic E-state index is 6.53. The lowest BCUT2D eigenvalue weighted by atomic mass is 10.1. The zero-order valence-electron chi connectivity index (χ0n) is 6.75. The molecule has 0 aliphatic rings. The van der Waals surface area contributed by atoms with E-state index in [1.165, 1.54) is 0 Å². The molecule has 0 spiro atoms. The fourth-order valence-corrected chi connectivity index (χ4v) is 0.902. The highest BCUT2D eigenvalue weighted by molar-refractivity contribution is 5.47. The van der Waals surface area contributed by atoms with Crippen LogP contribution in [0.1, 0.15) is 11.1 Å². The molecule has 0 bridgehead atoms. The van der Waals surface area contributed by atoms with Gasteiger partial charge in [-0.05, 0) is 11.1 Å². The van der Waals surface area contributed by atoms with E-state index in [9.17, 15) is 0 Å². The first-order valence-corrected chi connectivity index (χ1v) is 3.67. The van der Waals surface area contributed by atoms with Crippen LogP contribution >= 0.6 is 0 Å². The minimum atomic E-state index is 0.598. The maximum Gasteiger partial charge on any atom is 0.0596 e. The van der Waals surface area contributed by atoms with Gasteiger partial charge in [-0.15, -0.1) is 0 Å². The molecule has 0 fully saturated rings. The van der Waals surface area contributed by atoms with Crippen LogP contribution in [0.2, 0.25) is 0 Å². The molecule has 3 nitrogen and oxygen atoms in total. The van der Waals surface area contributed by atoms with Crippen molar-refractivity contribution in [2.75, 3.05) is 0 Å². The van der Waals surface area contributed by atoms with Crippen LogP contribution in [0.5, 0.6) is 0 Å². The Morgan fingerprint density at radius 1 is 1.42 bits per heavy atom. The number of hydrogen-bond acceptors (Lipinski definition) is 2. The number of nitrogens with zero attached hydrogens (tertiary/aromatic N) is 1. The summed E-state index contributed by atoms with van der Waals surface area (Å²) in [5.74, 6) is 0. The van der Waals surface area contributed by atoms with E-state index in [-0.39, 0.29) is 0 Å². The van der Waals surface area contributed by atoms with Crippen molar-refractivity contribution in [3.8, 4) is 0 Å². The van der Waals surface area contributed by atoms with E-state index in [2.05, 4.69) is 17.2 Å². The molecule has 12 heavy (non-hydrogen) atoms. The van der Waals surface area contributed by atoms with E-state index in [4.69, 9.17) is 5.53 Å². The Bertz CT molecular complexity index is 264. The summed E-state index contributed by atoms with van der Waals surface area (Å²) in [5.41, 5.74) is 11.3. The molecule has 0 saturated heterocycles. The minimum absolute atomic E-state index is 0.598. The SMILES string of the molecule is C=Cc1ccc(CNN=N)cc1. The largest absolute Gasteiger partial charge is 0.288 e. The molecular weight excluding hydrogens is 150 g/mol. The molecule has 0 aliphatic carbocycles. The quantitative estimate of drug-likeness (QED) is 0.517. The Labute approximate surface area is 71.6 Å². The molecule has 1 aromatic carbocycles. The third kappa shape index (κ3) is 2.20. The summed E-state index contributed by atoms with van der Waals surface area (Å²) in [4.78, 5) is 0. The summed E-state index contributed by atoms with van der Waals surface area (Å²) in [6.45, 7) is 4.26. The number of rotatable bonds is 4. The monoisotopic (exact) mass is 161 g/mol. The van der Waals surface area contributed by atoms with Crippen LogP contribution in [0.3, 0.4) is 0 Å². The topological polar surface area (TPSA) is 48.2 Å². The average Bonchev–Trinajstić information content (AvgIpc) is 2.15. The van der Waals surface area contributed by atoms with Crippen molar-refractivity contribution in [2.24, 2.45) is 5.22 Å². The van der Waals surface area contributed by atoms with Gasteiger partial charge in [0.2, 0.25) is 0 Å². The van der Waals surface area contributed by atoms with Crippen LogP contribution < -0.4 is 5.43 Å². The van der Waals surface area contributed by atoms with Crippen molar-refractivity contribution in [3.05, 3.63) is 42.0 Å². The lowest BCUT2D eigenvalue weighted by Crippen LogP contribution is -2.02. The summed E-state index contributed by atoms with van der Waals surface area (Å²) in [5, 5.41) is 3.05. The predicted octanol–water partition coefficient (Wildman–Crippen LogP) is 2.37. The summed E-state index contributed by atoms with van der Waals surface area (Å²) in [7, 11) is 0. The third-order valence-electron chi connectivity index (χ3n) is 1.58. The molecule has 0 saturated carbocycles. The summed E-state index contributed by atoms with van der Waals surface area (Å²) in [6, 6.07) is 7.92. The Kier molecular flexibility index (Phi) is 3.02. The fourth-order valence-electron chi connectivity index (χ4n) is 0.902. The highest BCUT2D eigenvalue weighted by Crippen LogP contribution is 2.04. The van der Waals surface area contributed by atoms with Crippen molar-refractivity contribution >= 4 is 6.08 Å². The zero-order chi connectivity index (χ0) is 8.81. The van der Waals surface area contributed by atoms with Gasteiger partial charge in [0, 0.05) is 0 Å². The molecule has 0 radical (unpaired) electrons. The van der Waals surface area contributed by atoms with Gasteiger partial charge < -0.3 is 0 Å². The van der Waals surface area contributed by atoms with E-state index < -0.39 is 0 Å². The molecule has 2 N–H and O–H groups in total. The standard InChI is InChI=1S/C9H11N3/c1-2-8-3-5-9(6-4-8)7-11-12-10/h2-6H,1,7H2,(H2,10,11). The first-order valence-electron chi connectivity index (χ1n) is 3.67. The van der Waals surface area contributed by atoms with Crippen LogP contribution in [0, 0.1) is 5.53 Å². The normalized spacial score (nSPS) is 9.00. The van der Waals surface area contributed by atoms with E-state index in [1.807, 2.05) is 24.3 Å². The van der Waals surface area contributed by atoms with E-state index >= 15 is 0 Å². The highest BCUT2D eigenvalue weighted by atomic mass is 15.4. The molecule has 1 aromatic rings. The highest BCUT2D eigenvalue weighted by Gasteiger charge is 1.89. The van der Waals surface area contributed by atoms with Crippen molar-refractivity contribution < 1.29 is 0 Å². The van der Waals surface area contributed by atoms with E-state index in [1.54, 1.807) is 6.08 Å². The van der Waals surface area contributed by atoms with Crippen LogP contribution in [0.4, 0.5) is 0 Å². The van der Waals surface area contributed by atoms with Crippen molar-refractivity contribution in [3.63, 3.8) is 0 Å². The Morgan fingerprint density at radius 3 is 2.58 bits per heavy atom. The van der Waals surface area contributed by atoms with Gasteiger partial charge in [0.15, 0.2) is 0 Å². The summed E-state index contributed by atoms with van der Waals surface area (Å²) >= 11 is 0. The molecule has 0 atom stereocenters. The Morgan fingerprint density at radius 2 is 2.08 bits per heavy atom. The van der Waals surface area contributed by atoms with Gasteiger partial charge in [0.25, 0.3) is 0 Å². The second-order valence-electron chi connectivity index (χ2n) is 2.39. The predicted molar refractivity (Wildman–Crippen MR) is 48.5 cm³/mol. The molecular formula is C9H11N3. The zero-order valence-corrected chi connectivity index (χ0v) is 6.75. The van der Waals surface area contributed by atoms with Crippen molar-refractivity contribution in [2.45, 2.75) is 6.54 Å². The van der Waals surface area contributed by atoms with Crippen LogP contribution in [-0.4, -0.2) is 0 Å². The molecule has 62 valence electrons. The van der Waals surface area contributed by atoms with Crippen molar-refractivity contribution in [1.82, 2.24) is 5.43 Å². The fraction of sp³-hybridized carbons (Fsp3) is 0.111. The summed E-state index contributed by atoms with van der Waals surface area (Å²) in [6.07, 6.45) is 1.80. The second-order valence-corrected chi connectivity index (χ2v) is 2.39. The summed E-state index contributed by atoms with van der Waals surface area (Å²) < 4.78 is 0. The van der Waals surface area contributed by atoms with Gasteiger partial charge >= 0.3 is 0 Å². The third-order valence-corrected chi connectivity index (χ3v) is 1.58. The Hall–Kier alpha value is -1.64. The molecule has 3 heteroatoms. The van der Waals surface area contributed by atoms with Gasteiger partial charge in [0.1, 0.15) is 0 Å². The van der Waals surface area contributed by atoms with Gasteiger partial charge in [-0.2, -0.15) is 5.53 Å². The second kappa shape index (κ2) is 4.28.